The van der Waals surface area contributed by atoms with E-state index >= 15 is 0 Å². The van der Waals surface area contributed by atoms with E-state index in [0.717, 1.165) is 6.07 Å². The summed E-state index contributed by atoms with van der Waals surface area (Å²) in [4.78, 5) is 37.9. The van der Waals surface area contributed by atoms with Crippen molar-refractivity contribution >= 4 is 5.91 Å². The molecule has 0 radical (unpaired) electrons. The second kappa shape index (κ2) is 7.31. The smallest absolute Gasteiger partial charge is 0.340 e. The third-order valence-corrected chi connectivity index (χ3v) is 4.89. The van der Waals surface area contributed by atoms with Crippen molar-refractivity contribution in [3.8, 4) is 0 Å². The fraction of sp³-hybridized carbons (Fsp3) is 0.350. The summed E-state index contributed by atoms with van der Waals surface area (Å²) in [6, 6.07) is 9.31. The lowest BCUT2D eigenvalue weighted by molar-refractivity contribution is -0.238. The average Bonchev–Trinajstić information content (AvgIpc) is 3.04. The summed E-state index contributed by atoms with van der Waals surface area (Å²) in [6.07, 6.45) is -0.0384. The molecule has 4 atom stereocenters. The maximum absolute atomic E-state index is 13.0. The molecule has 2 fully saturated rings. The van der Waals surface area contributed by atoms with Gasteiger partial charge in [-0.2, -0.15) is 4.57 Å². The van der Waals surface area contributed by atoms with Crippen molar-refractivity contribution in [3.63, 3.8) is 0 Å². The van der Waals surface area contributed by atoms with Crippen LogP contribution < -0.4 is 11.2 Å². The molecule has 2 aliphatic rings. The molecule has 8 nitrogen and oxygen atoms in total. The van der Waals surface area contributed by atoms with E-state index in [1.807, 2.05) is 6.92 Å². The Bertz CT molecular complexity index is 1020. The minimum Gasteiger partial charge on any atom is -0.350 e. The highest BCUT2D eigenvalue weighted by Gasteiger charge is 2.45. The van der Waals surface area contributed by atoms with Crippen LogP contribution in [0.5, 0.6) is 0 Å². The van der Waals surface area contributed by atoms with E-state index in [2.05, 4.69) is 6.58 Å². The highest BCUT2D eigenvalue weighted by Crippen LogP contribution is 2.37. The first-order valence-electron chi connectivity index (χ1n) is 9.06. The van der Waals surface area contributed by atoms with Crippen LogP contribution >= 0.6 is 0 Å². The average molecular weight is 384 g/mol. The first-order chi connectivity index (χ1) is 13.5. The zero-order valence-corrected chi connectivity index (χ0v) is 15.3. The number of aromatic nitrogens is 2. The van der Waals surface area contributed by atoms with Gasteiger partial charge in [0.15, 0.2) is 12.5 Å². The van der Waals surface area contributed by atoms with Crippen LogP contribution in [0, 0.1) is 0 Å². The molecular weight excluding hydrogens is 364 g/mol. The van der Waals surface area contributed by atoms with Gasteiger partial charge in [-0.05, 0) is 18.6 Å². The summed E-state index contributed by atoms with van der Waals surface area (Å²) in [7, 11) is 0. The van der Waals surface area contributed by atoms with Gasteiger partial charge < -0.3 is 14.2 Å². The number of hydrogen-bond acceptors (Lipinski definition) is 6. The molecule has 28 heavy (non-hydrogen) atoms. The number of nitrogens with zero attached hydrogens (tertiary/aromatic N) is 2. The molecule has 0 bridgehead atoms. The van der Waals surface area contributed by atoms with Crippen molar-refractivity contribution in [2.45, 2.75) is 38.1 Å². The maximum atomic E-state index is 13.0. The molecule has 2 aliphatic heterocycles. The Labute approximate surface area is 160 Å². The van der Waals surface area contributed by atoms with E-state index in [9.17, 15) is 14.4 Å². The van der Waals surface area contributed by atoms with E-state index in [4.69, 9.17) is 14.2 Å². The molecule has 3 heterocycles. The highest BCUT2D eigenvalue weighted by atomic mass is 16.7. The number of carbonyl (C=O) groups excluding carboxylic acids is 1. The van der Waals surface area contributed by atoms with Gasteiger partial charge in [-0.3, -0.25) is 14.2 Å². The summed E-state index contributed by atoms with van der Waals surface area (Å²) in [5.41, 5.74) is -0.714. The zero-order valence-electron chi connectivity index (χ0n) is 15.3. The normalized spacial score (nSPS) is 26.8. The quantitative estimate of drug-likeness (QED) is 0.742. The molecule has 4 unspecified atom stereocenters. The molecule has 2 aromatic rings. The monoisotopic (exact) mass is 384 g/mol. The second-order valence-electron chi connectivity index (χ2n) is 6.68. The van der Waals surface area contributed by atoms with Crippen LogP contribution in [-0.2, 0) is 14.2 Å². The predicted molar refractivity (Wildman–Crippen MR) is 99.1 cm³/mol. The molecule has 4 rings (SSSR count). The van der Waals surface area contributed by atoms with E-state index < -0.39 is 35.6 Å². The fourth-order valence-corrected chi connectivity index (χ4v) is 3.44. The maximum Gasteiger partial charge on any atom is 0.340 e. The fourth-order valence-electron chi connectivity index (χ4n) is 3.44. The Hall–Kier alpha value is -2.81. The van der Waals surface area contributed by atoms with Crippen LogP contribution in [0.2, 0.25) is 0 Å². The topological polar surface area (TPSA) is 88.8 Å². The Balaban J connectivity index is 1.70. The van der Waals surface area contributed by atoms with E-state index in [0.29, 0.717) is 23.2 Å². The highest BCUT2D eigenvalue weighted by molar-refractivity contribution is 5.95. The van der Waals surface area contributed by atoms with Crippen LogP contribution in [0.4, 0.5) is 0 Å². The number of ether oxygens (including phenoxy) is 3. The number of fused-ring (bicyclic) bond motifs is 1. The van der Waals surface area contributed by atoms with Crippen LogP contribution in [-0.4, -0.2) is 40.1 Å². The van der Waals surface area contributed by atoms with E-state index in [-0.39, 0.29) is 11.9 Å². The van der Waals surface area contributed by atoms with Gasteiger partial charge in [-0.15, -0.1) is 0 Å². The predicted octanol–water partition coefficient (Wildman–Crippen LogP) is 1.30. The van der Waals surface area contributed by atoms with Gasteiger partial charge in [0.05, 0.1) is 6.61 Å². The molecule has 1 aromatic carbocycles. The summed E-state index contributed by atoms with van der Waals surface area (Å²) in [6.45, 7) is 6.28. The molecule has 0 spiro atoms. The summed E-state index contributed by atoms with van der Waals surface area (Å²) in [5, 5.41) is 0. The minimum absolute atomic E-state index is 0.238. The van der Waals surface area contributed by atoms with Crippen molar-refractivity contribution in [2.24, 2.45) is 0 Å². The standard InChI is InChI=1S/C20H20N2O6/c1-3-16-26-11-14-17(28-16)12(2)19(27-14)21-10-9-15(23)22(20(21)25)18(24)13-7-5-4-6-8-13/h4-10,14,16-17,19H,2-3,11H2,1H3. The van der Waals surface area contributed by atoms with Crippen molar-refractivity contribution in [1.29, 1.82) is 0 Å². The van der Waals surface area contributed by atoms with Gasteiger partial charge in [0.25, 0.3) is 11.5 Å². The van der Waals surface area contributed by atoms with Crippen molar-refractivity contribution < 1.29 is 19.0 Å². The van der Waals surface area contributed by atoms with Gasteiger partial charge in [-0.25, -0.2) is 4.79 Å². The lowest BCUT2D eigenvalue weighted by atomic mass is 10.1. The number of rotatable bonds is 3. The molecular formula is C20H20N2O6. The Kier molecular flexibility index (Phi) is 4.84. The first-order valence-corrected chi connectivity index (χ1v) is 9.06. The van der Waals surface area contributed by atoms with Crippen LogP contribution in [0.15, 0.2) is 64.3 Å². The van der Waals surface area contributed by atoms with Gasteiger partial charge in [0, 0.05) is 23.4 Å². The van der Waals surface area contributed by atoms with Crippen molar-refractivity contribution in [3.05, 3.63) is 81.1 Å². The van der Waals surface area contributed by atoms with Crippen LogP contribution in [0.1, 0.15) is 29.9 Å². The second-order valence-corrected chi connectivity index (χ2v) is 6.68. The first kappa shape index (κ1) is 18.5. The molecule has 146 valence electrons. The van der Waals surface area contributed by atoms with Crippen molar-refractivity contribution in [1.82, 2.24) is 9.13 Å². The number of carbonyl (C=O) groups is 1. The van der Waals surface area contributed by atoms with Crippen LogP contribution in [0.25, 0.3) is 0 Å². The zero-order chi connectivity index (χ0) is 19.8. The molecule has 0 aliphatic carbocycles. The molecule has 2 saturated heterocycles. The largest absolute Gasteiger partial charge is 0.350 e. The lowest BCUT2D eigenvalue weighted by Gasteiger charge is -2.30. The summed E-state index contributed by atoms with van der Waals surface area (Å²) >= 11 is 0. The Morgan fingerprint density at radius 2 is 1.93 bits per heavy atom. The van der Waals surface area contributed by atoms with E-state index in [1.54, 1.807) is 30.3 Å². The Morgan fingerprint density at radius 3 is 2.64 bits per heavy atom. The molecule has 0 saturated carbocycles. The minimum atomic E-state index is -0.850. The van der Waals surface area contributed by atoms with Crippen molar-refractivity contribution in [2.75, 3.05) is 6.61 Å². The lowest BCUT2D eigenvalue weighted by Crippen LogP contribution is -2.44. The third-order valence-electron chi connectivity index (χ3n) is 4.89. The molecule has 0 N–H and O–H groups in total. The van der Waals surface area contributed by atoms with E-state index in [1.165, 1.54) is 10.8 Å². The van der Waals surface area contributed by atoms with Gasteiger partial charge in [0.2, 0.25) is 0 Å². The third kappa shape index (κ3) is 3.05. The molecule has 0 amide bonds. The summed E-state index contributed by atoms with van der Waals surface area (Å²) < 4.78 is 19.1. The number of hydrogen-bond donors (Lipinski definition) is 0. The van der Waals surface area contributed by atoms with Crippen LogP contribution in [0.3, 0.4) is 0 Å². The molecule has 1 aromatic heterocycles. The molecule has 8 heteroatoms. The SMILES string of the molecule is C=C1C2OC(CC)OCC2OC1n1ccc(=O)n(C(=O)c2ccccc2)c1=O. The Morgan fingerprint density at radius 1 is 1.18 bits per heavy atom. The van der Waals surface area contributed by atoms with Gasteiger partial charge >= 0.3 is 5.69 Å². The van der Waals surface area contributed by atoms with Gasteiger partial charge in [-0.1, -0.05) is 31.7 Å². The van der Waals surface area contributed by atoms with Gasteiger partial charge in [0.1, 0.15) is 12.2 Å². The number of benzene rings is 1. The summed E-state index contributed by atoms with van der Waals surface area (Å²) in [5.74, 6) is -0.698.